The molecular formula is C13H22N4O2. The van der Waals surface area contributed by atoms with Gasteiger partial charge in [-0.1, -0.05) is 12.1 Å². The van der Waals surface area contributed by atoms with Crippen LogP contribution in [-0.2, 0) is 11.3 Å². The van der Waals surface area contributed by atoms with Crippen molar-refractivity contribution in [2.45, 2.75) is 39.7 Å². The third kappa shape index (κ3) is 4.31. The summed E-state index contributed by atoms with van der Waals surface area (Å²) in [5, 5.41) is 9.86. The first-order chi connectivity index (χ1) is 9.15. The van der Waals surface area contributed by atoms with E-state index in [9.17, 15) is 4.79 Å². The van der Waals surface area contributed by atoms with Gasteiger partial charge >= 0.3 is 0 Å². The van der Waals surface area contributed by atoms with E-state index in [2.05, 4.69) is 27.7 Å². The summed E-state index contributed by atoms with van der Waals surface area (Å²) in [7, 11) is 0. The van der Waals surface area contributed by atoms with Gasteiger partial charge < -0.3 is 15.2 Å². The summed E-state index contributed by atoms with van der Waals surface area (Å²) in [6.07, 6.45) is 2.90. The highest BCUT2D eigenvalue weighted by atomic mass is 16.5. The largest absolute Gasteiger partial charge is 0.347 e. The Hall–Kier alpha value is -1.43. The van der Waals surface area contributed by atoms with E-state index in [1.54, 1.807) is 6.92 Å². The van der Waals surface area contributed by atoms with E-state index in [1.165, 1.54) is 0 Å². The van der Waals surface area contributed by atoms with Crippen LogP contribution >= 0.6 is 0 Å². The van der Waals surface area contributed by atoms with E-state index in [0.29, 0.717) is 36.5 Å². The van der Waals surface area contributed by atoms with Gasteiger partial charge in [-0.2, -0.15) is 4.98 Å². The number of amides is 1. The van der Waals surface area contributed by atoms with Crippen molar-refractivity contribution >= 4 is 5.91 Å². The SMILES string of the molecule is Cc1noc(CNC(=O)CC(C)C2CCNCC2)n1. The highest BCUT2D eigenvalue weighted by Crippen LogP contribution is 2.24. The molecule has 2 heterocycles. The molecule has 0 aromatic carbocycles. The monoisotopic (exact) mass is 266 g/mol. The van der Waals surface area contributed by atoms with Crippen LogP contribution in [0.15, 0.2) is 4.52 Å². The van der Waals surface area contributed by atoms with Gasteiger partial charge in [-0.25, -0.2) is 0 Å². The summed E-state index contributed by atoms with van der Waals surface area (Å²) in [6, 6.07) is 0. The van der Waals surface area contributed by atoms with Crippen LogP contribution in [0.3, 0.4) is 0 Å². The number of carbonyl (C=O) groups is 1. The van der Waals surface area contributed by atoms with Crippen molar-refractivity contribution in [2.75, 3.05) is 13.1 Å². The number of rotatable bonds is 5. The molecule has 1 aliphatic rings. The molecule has 1 unspecified atom stereocenters. The van der Waals surface area contributed by atoms with Gasteiger partial charge in [-0.3, -0.25) is 4.79 Å². The molecule has 1 aliphatic heterocycles. The molecule has 2 N–H and O–H groups in total. The molecule has 0 spiro atoms. The Bertz CT molecular complexity index is 413. The van der Waals surface area contributed by atoms with Gasteiger partial charge in [-0.15, -0.1) is 0 Å². The molecule has 106 valence electrons. The van der Waals surface area contributed by atoms with E-state index >= 15 is 0 Å². The number of hydrogen-bond acceptors (Lipinski definition) is 5. The van der Waals surface area contributed by atoms with Crippen LogP contribution < -0.4 is 10.6 Å². The molecule has 6 heteroatoms. The lowest BCUT2D eigenvalue weighted by atomic mass is 9.84. The second kappa shape index (κ2) is 6.65. The molecule has 0 radical (unpaired) electrons. The molecule has 1 aromatic heterocycles. The zero-order chi connectivity index (χ0) is 13.7. The lowest BCUT2D eigenvalue weighted by molar-refractivity contribution is -0.122. The minimum atomic E-state index is 0.0573. The minimum absolute atomic E-state index is 0.0573. The topological polar surface area (TPSA) is 80.0 Å². The van der Waals surface area contributed by atoms with E-state index in [1.807, 2.05) is 0 Å². The lowest BCUT2D eigenvalue weighted by Gasteiger charge is -2.27. The second-order valence-corrected chi connectivity index (χ2v) is 5.28. The molecule has 1 amide bonds. The normalized spacial score (nSPS) is 18.2. The number of hydrogen-bond donors (Lipinski definition) is 2. The van der Waals surface area contributed by atoms with Crippen LogP contribution in [0.1, 0.15) is 37.9 Å². The molecule has 1 aromatic rings. The summed E-state index contributed by atoms with van der Waals surface area (Å²) < 4.78 is 4.95. The minimum Gasteiger partial charge on any atom is -0.347 e. The fourth-order valence-electron chi connectivity index (χ4n) is 2.53. The third-order valence-corrected chi connectivity index (χ3v) is 3.70. The first-order valence-electron chi connectivity index (χ1n) is 6.91. The van der Waals surface area contributed by atoms with Crippen LogP contribution in [0.5, 0.6) is 0 Å². The van der Waals surface area contributed by atoms with Gasteiger partial charge in [0.05, 0.1) is 6.54 Å². The standard InChI is InChI=1S/C13H22N4O2/c1-9(11-3-5-14-6-4-11)7-12(18)15-8-13-16-10(2)17-19-13/h9,11,14H,3-8H2,1-2H3,(H,15,18). The van der Waals surface area contributed by atoms with Crippen molar-refractivity contribution in [3.05, 3.63) is 11.7 Å². The maximum atomic E-state index is 11.9. The summed E-state index contributed by atoms with van der Waals surface area (Å²) >= 11 is 0. The second-order valence-electron chi connectivity index (χ2n) is 5.28. The van der Waals surface area contributed by atoms with Gasteiger partial charge in [0.2, 0.25) is 11.8 Å². The number of aromatic nitrogens is 2. The Morgan fingerprint density at radius 2 is 2.26 bits per heavy atom. The maximum absolute atomic E-state index is 11.9. The van der Waals surface area contributed by atoms with Crippen molar-refractivity contribution in [3.8, 4) is 0 Å². The highest BCUT2D eigenvalue weighted by molar-refractivity contribution is 5.76. The van der Waals surface area contributed by atoms with Crippen molar-refractivity contribution < 1.29 is 9.32 Å². The Balaban J connectivity index is 1.71. The average molecular weight is 266 g/mol. The molecular weight excluding hydrogens is 244 g/mol. The predicted molar refractivity (Wildman–Crippen MR) is 70.3 cm³/mol. The summed E-state index contributed by atoms with van der Waals surface area (Å²) in [4.78, 5) is 15.9. The van der Waals surface area contributed by atoms with E-state index < -0.39 is 0 Å². The molecule has 6 nitrogen and oxygen atoms in total. The Labute approximate surface area is 113 Å². The first kappa shape index (κ1) is 14.0. The average Bonchev–Trinajstić information content (AvgIpc) is 2.83. The fraction of sp³-hybridized carbons (Fsp3) is 0.769. The maximum Gasteiger partial charge on any atom is 0.246 e. The highest BCUT2D eigenvalue weighted by Gasteiger charge is 2.22. The van der Waals surface area contributed by atoms with Crippen molar-refractivity contribution in [1.29, 1.82) is 0 Å². The van der Waals surface area contributed by atoms with E-state index in [0.717, 1.165) is 25.9 Å². The Morgan fingerprint density at radius 3 is 2.89 bits per heavy atom. The zero-order valence-corrected chi connectivity index (χ0v) is 11.6. The van der Waals surface area contributed by atoms with Crippen LogP contribution in [0.25, 0.3) is 0 Å². The molecule has 19 heavy (non-hydrogen) atoms. The molecule has 0 saturated carbocycles. The van der Waals surface area contributed by atoms with Crippen molar-refractivity contribution in [1.82, 2.24) is 20.8 Å². The number of carbonyl (C=O) groups excluding carboxylic acids is 1. The zero-order valence-electron chi connectivity index (χ0n) is 11.6. The third-order valence-electron chi connectivity index (χ3n) is 3.70. The van der Waals surface area contributed by atoms with Crippen LogP contribution in [0.4, 0.5) is 0 Å². The summed E-state index contributed by atoms with van der Waals surface area (Å²) in [6.45, 7) is 6.37. The smallest absolute Gasteiger partial charge is 0.246 e. The molecule has 1 saturated heterocycles. The van der Waals surface area contributed by atoms with Crippen LogP contribution in [0.2, 0.25) is 0 Å². The molecule has 2 rings (SSSR count). The summed E-state index contributed by atoms with van der Waals surface area (Å²) in [5.74, 6) is 2.18. The van der Waals surface area contributed by atoms with Gasteiger partial charge in [0.25, 0.3) is 0 Å². The van der Waals surface area contributed by atoms with Gasteiger partial charge in [0.1, 0.15) is 0 Å². The molecule has 1 fully saturated rings. The Kier molecular flexibility index (Phi) is 4.90. The number of piperidine rings is 1. The van der Waals surface area contributed by atoms with Crippen molar-refractivity contribution in [3.63, 3.8) is 0 Å². The van der Waals surface area contributed by atoms with Gasteiger partial charge in [0.15, 0.2) is 5.82 Å². The van der Waals surface area contributed by atoms with Crippen LogP contribution in [-0.4, -0.2) is 29.1 Å². The van der Waals surface area contributed by atoms with Crippen LogP contribution in [0, 0.1) is 18.8 Å². The lowest BCUT2D eigenvalue weighted by Crippen LogP contribution is -2.33. The van der Waals surface area contributed by atoms with Crippen molar-refractivity contribution in [2.24, 2.45) is 11.8 Å². The van der Waals surface area contributed by atoms with E-state index in [4.69, 9.17) is 4.52 Å². The number of nitrogens with zero attached hydrogens (tertiary/aromatic N) is 2. The predicted octanol–water partition coefficient (Wildman–Crippen LogP) is 1.02. The van der Waals surface area contributed by atoms with Gasteiger partial charge in [-0.05, 0) is 44.7 Å². The van der Waals surface area contributed by atoms with E-state index in [-0.39, 0.29) is 5.91 Å². The number of aryl methyl sites for hydroxylation is 1. The first-order valence-corrected chi connectivity index (χ1v) is 6.91. The molecule has 1 atom stereocenters. The molecule has 0 bridgehead atoms. The number of nitrogens with one attached hydrogen (secondary N) is 2. The fourth-order valence-corrected chi connectivity index (χ4v) is 2.53. The quantitative estimate of drug-likeness (QED) is 0.831. The molecule has 0 aliphatic carbocycles. The summed E-state index contributed by atoms with van der Waals surface area (Å²) in [5.41, 5.74) is 0. The Morgan fingerprint density at radius 1 is 1.53 bits per heavy atom. The van der Waals surface area contributed by atoms with Gasteiger partial charge in [0, 0.05) is 6.42 Å².